The van der Waals surface area contributed by atoms with Crippen LogP contribution in [0.3, 0.4) is 0 Å². The molecule has 55 valence electrons. The summed E-state index contributed by atoms with van der Waals surface area (Å²) in [5.74, 6) is 0. The number of hydrogen-bond donors (Lipinski definition) is 0. The Morgan fingerprint density at radius 2 is 1.90 bits per heavy atom. The molecule has 0 saturated carbocycles. The van der Waals surface area contributed by atoms with Crippen LogP contribution in [0.5, 0.6) is 0 Å². The van der Waals surface area contributed by atoms with Crippen molar-refractivity contribution in [1.82, 2.24) is 4.90 Å². The fraction of sp³-hybridized carbons (Fsp3) is 0.667. The van der Waals surface area contributed by atoms with Crippen LogP contribution in [0.1, 0.15) is 19.8 Å². The molecular weight excluding hydrogens is 122 g/mol. The van der Waals surface area contributed by atoms with Gasteiger partial charge in [0.25, 0.3) is 0 Å². The van der Waals surface area contributed by atoms with Gasteiger partial charge >= 0.3 is 0 Å². The Morgan fingerprint density at radius 3 is 2.40 bits per heavy atom. The lowest BCUT2D eigenvalue weighted by atomic mass is 10.1. The second-order valence-electron chi connectivity index (χ2n) is 2.78. The van der Waals surface area contributed by atoms with Gasteiger partial charge in [-0.3, -0.25) is 0 Å². The maximum absolute atomic E-state index is 3.14. The second-order valence-corrected chi connectivity index (χ2v) is 2.78. The van der Waals surface area contributed by atoms with E-state index in [1.807, 2.05) is 6.92 Å². The first-order valence-electron chi connectivity index (χ1n) is 3.79. The molecule has 0 aromatic rings. The van der Waals surface area contributed by atoms with Gasteiger partial charge in [-0.1, -0.05) is 0 Å². The standard InChI is InChI=1S/C9H14N/c1-3-4-9-5-7-10(2)8-6-9/h5-8H2,1-2H3. The van der Waals surface area contributed by atoms with Crippen LogP contribution in [-0.4, -0.2) is 25.0 Å². The molecule has 1 heteroatoms. The maximum Gasteiger partial charge on any atom is 0.00218 e. The molecule has 0 aliphatic carbocycles. The molecule has 1 saturated heterocycles. The van der Waals surface area contributed by atoms with Crippen molar-refractivity contribution in [3.05, 3.63) is 17.4 Å². The van der Waals surface area contributed by atoms with E-state index in [1.54, 1.807) is 0 Å². The van der Waals surface area contributed by atoms with Crippen LogP contribution in [0.2, 0.25) is 0 Å². The molecule has 0 unspecified atom stereocenters. The summed E-state index contributed by atoms with van der Waals surface area (Å²) < 4.78 is 0. The summed E-state index contributed by atoms with van der Waals surface area (Å²) in [6.07, 6.45) is 5.30. The van der Waals surface area contributed by atoms with E-state index in [4.69, 9.17) is 0 Å². The largest absolute Gasteiger partial charge is 0.306 e. The highest BCUT2D eigenvalue weighted by atomic mass is 15.1. The number of likely N-dealkylation sites (tertiary alicyclic amines) is 1. The van der Waals surface area contributed by atoms with E-state index in [0.29, 0.717) is 0 Å². The third-order valence-electron chi connectivity index (χ3n) is 1.89. The summed E-state index contributed by atoms with van der Waals surface area (Å²) in [7, 11) is 2.16. The molecule has 1 radical (unpaired) electrons. The minimum absolute atomic E-state index is 1.18. The van der Waals surface area contributed by atoms with Gasteiger partial charge in [0.15, 0.2) is 0 Å². The average molecular weight is 136 g/mol. The quantitative estimate of drug-likeness (QED) is 0.457. The van der Waals surface area contributed by atoms with E-state index in [0.717, 1.165) is 0 Å². The van der Waals surface area contributed by atoms with Crippen LogP contribution < -0.4 is 0 Å². The predicted octanol–water partition coefficient (Wildman–Crippen LogP) is 1.62. The lowest BCUT2D eigenvalue weighted by Crippen LogP contribution is -2.26. The van der Waals surface area contributed by atoms with Crippen LogP contribution in [0.4, 0.5) is 0 Å². The van der Waals surface area contributed by atoms with Gasteiger partial charge in [-0.15, -0.1) is 5.73 Å². The Morgan fingerprint density at radius 1 is 1.30 bits per heavy atom. The molecule has 1 fully saturated rings. The van der Waals surface area contributed by atoms with Crippen LogP contribution in [0.25, 0.3) is 0 Å². The monoisotopic (exact) mass is 136 g/mol. The molecule has 0 bridgehead atoms. The second kappa shape index (κ2) is 3.60. The third kappa shape index (κ3) is 2.02. The minimum Gasteiger partial charge on any atom is -0.306 e. The summed E-state index contributed by atoms with van der Waals surface area (Å²) in [6.45, 7) is 4.28. The highest BCUT2D eigenvalue weighted by Crippen LogP contribution is 2.12. The number of nitrogens with zero attached hydrogens (tertiary/aromatic N) is 1. The molecule has 0 atom stereocenters. The van der Waals surface area contributed by atoms with Crippen LogP contribution in [0, 0.1) is 6.08 Å². The number of hydrogen-bond acceptors (Lipinski definition) is 1. The first kappa shape index (κ1) is 7.59. The molecule has 0 aromatic carbocycles. The molecule has 0 spiro atoms. The van der Waals surface area contributed by atoms with Crippen molar-refractivity contribution in [3.63, 3.8) is 0 Å². The summed E-state index contributed by atoms with van der Waals surface area (Å²) in [4.78, 5) is 2.35. The van der Waals surface area contributed by atoms with Crippen molar-refractivity contribution in [2.45, 2.75) is 19.8 Å². The average Bonchev–Trinajstić information content (AvgIpc) is 1.95. The van der Waals surface area contributed by atoms with Crippen molar-refractivity contribution in [2.24, 2.45) is 0 Å². The molecule has 1 heterocycles. The summed E-state index contributed by atoms with van der Waals surface area (Å²) >= 11 is 0. The molecule has 10 heavy (non-hydrogen) atoms. The minimum atomic E-state index is 1.18. The van der Waals surface area contributed by atoms with Crippen molar-refractivity contribution < 1.29 is 0 Å². The Balaban J connectivity index is 2.48. The van der Waals surface area contributed by atoms with E-state index in [9.17, 15) is 0 Å². The summed E-state index contributed by atoms with van der Waals surface area (Å²) in [6, 6.07) is 0. The lowest BCUT2D eigenvalue weighted by Gasteiger charge is -2.22. The Kier molecular flexibility index (Phi) is 2.73. The zero-order valence-corrected chi connectivity index (χ0v) is 6.78. The van der Waals surface area contributed by atoms with Crippen LogP contribution >= 0.6 is 0 Å². The molecular formula is C9H14N. The SMILES string of the molecule is C[C]=C=C1CCN(C)CC1. The lowest BCUT2D eigenvalue weighted by molar-refractivity contribution is 0.312. The van der Waals surface area contributed by atoms with Gasteiger partial charge in [-0.2, -0.15) is 0 Å². The van der Waals surface area contributed by atoms with Gasteiger partial charge < -0.3 is 4.90 Å². The first-order chi connectivity index (χ1) is 4.83. The topological polar surface area (TPSA) is 3.24 Å². The van der Waals surface area contributed by atoms with E-state index in [1.165, 1.54) is 31.5 Å². The maximum atomic E-state index is 3.14. The molecule has 1 nitrogen and oxygen atoms in total. The third-order valence-corrected chi connectivity index (χ3v) is 1.89. The Labute approximate surface area is 63.0 Å². The molecule has 0 N–H and O–H groups in total. The zero-order chi connectivity index (χ0) is 7.40. The van der Waals surface area contributed by atoms with Crippen molar-refractivity contribution in [1.29, 1.82) is 0 Å². The Hall–Kier alpha value is -0.520. The van der Waals surface area contributed by atoms with Gasteiger partial charge in [0, 0.05) is 19.2 Å². The molecule has 1 rings (SSSR count). The normalized spacial score (nSPS) is 20.4. The van der Waals surface area contributed by atoms with Crippen molar-refractivity contribution in [2.75, 3.05) is 20.1 Å². The van der Waals surface area contributed by atoms with E-state index in [2.05, 4.69) is 23.8 Å². The van der Waals surface area contributed by atoms with Gasteiger partial charge in [0.1, 0.15) is 0 Å². The van der Waals surface area contributed by atoms with Crippen molar-refractivity contribution in [3.8, 4) is 0 Å². The fourth-order valence-electron chi connectivity index (χ4n) is 1.19. The van der Waals surface area contributed by atoms with Crippen molar-refractivity contribution >= 4 is 0 Å². The molecule has 1 aliphatic heterocycles. The molecule has 1 aliphatic rings. The highest BCUT2D eigenvalue weighted by Gasteiger charge is 2.07. The van der Waals surface area contributed by atoms with Gasteiger partial charge in [-0.25, -0.2) is 0 Å². The van der Waals surface area contributed by atoms with E-state index >= 15 is 0 Å². The van der Waals surface area contributed by atoms with Crippen LogP contribution in [0.15, 0.2) is 11.3 Å². The van der Waals surface area contributed by atoms with Crippen LogP contribution in [-0.2, 0) is 0 Å². The number of rotatable bonds is 0. The van der Waals surface area contributed by atoms with Gasteiger partial charge in [-0.05, 0) is 32.4 Å². The summed E-state index contributed by atoms with van der Waals surface area (Å²) in [5.41, 5.74) is 4.58. The van der Waals surface area contributed by atoms with Gasteiger partial charge in [0.2, 0.25) is 0 Å². The van der Waals surface area contributed by atoms with Gasteiger partial charge in [0.05, 0.1) is 0 Å². The molecule has 0 amide bonds. The zero-order valence-electron chi connectivity index (χ0n) is 6.78. The smallest absolute Gasteiger partial charge is 0.00218 e. The summed E-state index contributed by atoms with van der Waals surface area (Å²) in [5, 5.41) is 0. The molecule has 0 aromatic heterocycles. The first-order valence-corrected chi connectivity index (χ1v) is 3.79. The van der Waals surface area contributed by atoms with E-state index < -0.39 is 0 Å². The van der Waals surface area contributed by atoms with E-state index in [-0.39, 0.29) is 0 Å². The fourth-order valence-corrected chi connectivity index (χ4v) is 1.19. The highest BCUT2D eigenvalue weighted by molar-refractivity contribution is 5.02. The predicted molar refractivity (Wildman–Crippen MR) is 42.7 cm³/mol. The Bertz CT molecular complexity index is 154. The number of piperidine rings is 1.